The summed E-state index contributed by atoms with van der Waals surface area (Å²) in [5, 5.41) is 9.77. The Balaban J connectivity index is 1.88. The van der Waals surface area contributed by atoms with E-state index in [2.05, 4.69) is 6.08 Å². The lowest BCUT2D eigenvalue weighted by Crippen LogP contribution is -2.35. The molecule has 1 unspecified atom stereocenters. The summed E-state index contributed by atoms with van der Waals surface area (Å²) < 4.78 is 0. The molecule has 0 aromatic carbocycles. The minimum absolute atomic E-state index is 0.0554. The first-order valence-electron chi connectivity index (χ1n) is 8.82. The predicted molar refractivity (Wildman–Crippen MR) is 87.2 cm³/mol. The number of rotatable bonds is 6. The van der Waals surface area contributed by atoms with Crippen LogP contribution in [0.5, 0.6) is 0 Å². The van der Waals surface area contributed by atoms with Crippen molar-refractivity contribution < 1.29 is 9.90 Å². The van der Waals surface area contributed by atoms with Gasteiger partial charge >= 0.3 is 0 Å². The molecular formula is C19H32O2. The van der Waals surface area contributed by atoms with Gasteiger partial charge in [-0.3, -0.25) is 0 Å². The Morgan fingerprint density at radius 1 is 1.33 bits per heavy atom. The first-order chi connectivity index (χ1) is 9.95. The number of hydrogen-bond acceptors (Lipinski definition) is 2. The maximum Gasteiger partial charge on any atom is 0.126 e. The molecular weight excluding hydrogens is 260 g/mol. The first-order valence-corrected chi connectivity index (χ1v) is 8.82. The van der Waals surface area contributed by atoms with Gasteiger partial charge in [0.1, 0.15) is 6.29 Å². The SMILES string of the molecule is CC(C)(O)CCCC1=CCC(C=O)(C2CCCCC2)CC1. The van der Waals surface area contributed by atoms with E-state index < -0.39 is 5.60 Å². The number of allylic oxidation sites excluding steroid dienone is 2. The van der Waals surface area contributed by atoms with Crippen molar-refractivity contribution in [3.63, 3.8) is 0 Å². The molecule has 0 radical (unpaired) electrons. The van der Waals surface area contributed by atoms with Crippen molar-refractivity contribution in [2.24, 2.45) is 11.3 Å². The molecule has 2 aliphatic carbocycles. The second-order valence-electron chi connectivity index (χ2n) is 7.92. The topological polar surface area (TPSA) is 37.3 Å². The Hall–Kier alpha value is -0.630. The highest BCUT2D eigenvalue weighted by Crippen LogP contribution is 2.46. The molecule has 120 valence electrons. The zero-order valence-corrected chi connectivity index (χ0v) is 13.9. The van der Waals surface area contributed by atoms with E-state index in [0.717, 1.165) is 38.5 Å². The van der Waals surface area contributed by atoms with Crippen LogP contribution in [-0.4, -0.2) is 17.0 Å². The molecule has 0 amide bonds. The van der Waals surface area contributed by atoms with E-state index in [-0.39, 0.29) is 5.41 Å². The summed E-state index contributed by atoms with van der Waals surface area (Å²) >= 11 is 0. The number of hydrogen-bond donors (Lipinski definition) is 1. The van der Waals surface area contributed by atoms with Gasteiger partial charge in [-0.1, -0.05) is 30.9 Å². The molecule has 1 N–H and O–H groups in total. The standard InChI is InChI=1S/C19H32O2/c1-18(2,21)12-6-7-16-10-13-19(15-20,14-11-16)17-8-4-3-5-9-17/h10,15,17,21H,3-9,11-14H2,1-2H3. The highest BCUT2D eigenvalue weighted by molar-refractivity contribution is 5.61. The van der Waals surface area contributed by atoms with Crippen molar-refractivity contribution >= 4 is 6.29 Å². The fourth-order valence-corrected chi connectivity index (χ4v) is 4.16. The highest BCUT2D eigenvalue weighted by Gasteiger charge is 2.39. The Kier molecular flexibility index (Phi) is 5.65. The van der Waals surface area contributed by atoms with E-state index in [9.17, 15) is 9.90 Å². The van der Waals surface area contributed by atoms with E-state index in [4.69, 9.17) is 0 Å². The van der Waals surface area contributed by atoms with Gasteiger partial charge in [0.2, 0.25) is 0 Å². The molecule has 2 rings (SSSR count). The van der Waals surface area contributed by atoms with E-state index in [1.54, 1.807) is 0 Å². The average Bonchev–Trinajstić information content (AvgIpc) is 2.48. The fourth-order valence-electron chi connectivity index (χ4n) is 4.16. The monoisotopic (exact) mass is 292 g/mol. The average molecular weight is 292 g/mol. The zero-order valence-electron chi connectivity index (χ0n) is 13.9. The molecule has 0 aromatic rings. The molecule has 0 aromatic heterocycles. The second kappa shape index (κ2) is 7.09. The summed E-state index contributed by atoms with van der Waals surface area (Å²) in [5.74, 6) is 0.623. The lowest BCUT2D eigenvalue weighted by molar-refractivity contribution is -0.120. The van der Waals surface area contributed by atoms with Crippen LogP contribution in [0.3, 0.4) is 0 Å². The normalized spacial score (nSPS) is 28.2. The van der Waals surface area contributed by atoms with Crippen LogP contribution in [0, 0.1) is 11.3 Å². The first kappa shape index (κ1) is 16.7. The van der Waals surface area contributed by atoms with Crippen LogP contribution in [0.2, 0.25) is 0 Å². The van der Waals surface area contributed by atoms with Crippen molar-refractivity contribution in [3.05, 3.63) is 11.6 Å². The quantitative estimate of drug-likeness (QED) is 0.564. The third kappa shape index (κ3) is 4.67. The van der Waals surface area contributed by atoms with Crippen LogP contribution < -0.4 is 0 Å². The van der Waals surface area contributed by atoms with Gasteiger partial charge in [0.15, 0.2) is 0 Å². The summed E-state index contributed by atoms with van der Waals surface area (Å²) in [5.41, 5.74) is 0.900. The molecule has 1 saturated carbocycles. The Labute approximate surface area is 130 Å². The van der Waals surface area contributed by atoms with Crippen molar-refractivity contribution in [1.29, 1.82) is 0 Å². The molecule has 2 aliphatic rings. The van der Waals surface area contributed by atoms with Crippen LogP contribution in [-0.2, 0) is 4.79 Å². The molecule has 0 bridgehead atoms. The van der Waals surface area contributed by atoms with Gasteiger partial charge in [-0.2, -0.15) is 0 Å². The lowest BCUT2D eigenvalue weighted by Gasteiger charge is -2.40. The van der Waals surface area contributed by atoms with Gasteiger partial charge < -0.3 is 9.90 Å². The van der Waals surface area contributed by atoms with Crippen molar-refractivity contribution in [3.8, 4) is 0 Å². The van der Waals surface area contributed by atoms with Gasteiger partial charge in [-0.25, -0.2) is 0 Å². The summed E-state index contributed by atoms with van der Waals surface area (Å²) in [4.78, 5) is 11.8. The summed E-state index contributed by atoms with van der Waals surface area (Å²) in [6.07, 6.45) is 16.2. The van der Waals surface area contributed by atoms with Gasteiger partial charge in [0, 0.05) is 5.41 Å². The number of aldehydes is 1. The van der Waals surface area contributed by atoms with Crippen LogP contribution in [0.1, 0.15) is 84.5 Å². The fraction of sp³-hybridized carbons (Fsp3) is 0.842. The van der Waals surface area contributed by atoms with E-state index in [1.807, 2.05) is 13.8 Å². The number of carbonyl (C=O) groups is 1. The third-order valence-electron chi connectivity index (χ3n) is 5.62. The van der Waals surface area contributed by atoms with Crippen LogP contribution in [0.25, 0.3) is 0 Å². The maximum absolute atomic E-state index is 11.8. The van der Waals surface area contributed by atoms with Gasteiger partial charge in [-0.15, -0.1) is 0 Å². The van der Waals surface area contributed by atoms with Gasteiger partial charge in [-0.05, 0) is 71.1 Å². The molecule has 2 heteroatoms. The molecule has 0 heterocycles. The van der Waals surface area contributed by atoms with Crippen LogP contribution in [0.15, 0.2) is 11.6 Å². The smallest absolute Gasteiger partial charge is 0.126 e. The third-order valence-corrected chi connectivity index (χ3v) is 5.62. The summed E-state index contributed by atoms with van der Waals surface area (Å²) in [6, 6.07) is 0. The summed E-state index contributed by atoms with van der Waals surface area (Å²) in [6.45, 7) is 3.76. The van der Waals surface area contributed by atoms with Gasteiger partial charge in [0.05, 0.1) is 5.60 Å². The second-order valence-corrected chi connectivity index (χ2v) is 7.92. The van der Waals surface area contributed by atoms with E-state index >= 15 is 0 Å². The summed E-state index contributed by atoms with van der Waals surface area (Å²) in [7, 11) is 0. The van der Waals surface area contributed by atoms with Gasteiger partial charge in [0.25, 0.3) is 0 Å². The van der Waals surface area contributed by atoms with E-state index in [1.165, 1.54) is 44.0 Å². The van der Waals surface area contributed by atoms with Crippen molar-refractivity contribution in [2.75, 3.05) is 0 Å². The number of carbonyl (C=O) groups excluding carboxylic acids is 1. The Morgan fingerprint density at radius 3 is 2.57 bits per heavy atom. The Bertz CT molecular complexity index is 372. The highest BCUT2D eigenvalue weighted by atomic mass is 16.3. The lowest BCUT2D eigenvalue weighted by atomic mass is 9.63. The molecule has 0 spiro atoms. The minimum Gasteiger partial charge on any atom is -0.390 e. The maximum atomic E-state index is 11.8. The molecule has 21 heavy (non-hydrogen) atoms. The minimum atomic E-state index is -0.552. The molecule has 1 fully saturated rings. The Morgan fingerprint density at radius 2 is 2.05 bits per heavy atom. The molecule has 1 atom stereocenters. The van der Waals surface area contributed by atoms with Crippen molar-refractivity contribution in [1.82, 2.24) is 0 Å². The largest absolute Gasteiger partial charge is 0.390 e. The van der Waals surface area contributed by atoms with Crippen molar-refractivity contribution in [2.45, 2.75) is 90.1 Å². The van der Waals surface area contributed by atoms with Crippen LogP contribution >= 0.6 is 0 Å². The number of aliphatic hydroxyl groups is 1. The molecule has 0 aliphatic heterocycles. The van der Waals surface area contributed by atoms with Crippen LogP contribution in [0.4, 0.5) is 0 Å². The molecule has 0 saturated heterocycles. The zero-order chi connectivity index (χ0) is 15.3. The molecule has 2 nitrogen and oxygen atoms in total. The predicted octanol–water partition coefficient (Wildman–Crippen LogP) is 4.80. The van der Waals surface area contributed by atoms with E-state index in [0.29, 0.717) is 5.92 Å².